The number of fused-ring (bicyclic) bond motifs is 5. The summed E-state index contributed by atoms with van der Waals surface area (Å²) in [6.45, 7) is 8.07. The lowest BCUT2D eigenvalue weighted by molar-refractivity contribution is -0.213. The monoisotopic (exact) mass is 374 g/mol. The normalized spacial score (nSPS) is 51.3. The predicted octanol–water partition coefficient (Wildman–Crippen LogP) is 3.87. The van der Waals surface area contributed by atoms with E-state index < -0.39 is 5.79 Å². The topological polar surface area (TPSA) is 55.8 Å². The molecule has 0 aromatic heterocycles. The molecule has 1 aliphatic heterocycles. The summed E-state index contributed by atoms with van der Waals surface area (Å²) in [5.41, 5.74) is 1.29. The molecule has 1 N–H and O–H groups in total. The number of hydrogen-bond acceptors (Lipinski definition) is 4. The highest BCUT2D eigenvalue weighted by Gasteiger charge is 2.65. The molecule has 5 aliphatic rings. The molecule has 7 atom stereocenters. The standard InChI is InChI=1S/C23H34O4/c1-21-9-8-15(24)12-14(21)4-5-16-17-6-7-19(23(3)26-10-11-27-23)22(17,2)13-18(25)20(16)21/h4,15-17,19-20,24H,5-13H2,1-3H3/t15-,16?,17-,19-,20+,21-,22-/m0/s1. The maximum atomic E-state index is 13.6. The largest absolute Gasteiger partial charge is 0.393 e. The van der Waals surface area contributed by atoms with Crippen molar-refractivity contribution in [2.75, 3.05) is 13.2 Å². The van der Waals surface area contributed by atoms with Crippen LogP contribution in [0.15, 0.2) is 11.6 Å². The van der Waals surface area contributed by atoms with Crippen LogP contribution in [-0.2, 0) is 14.3 Å². The van der Waals surface area contributed by atoms with Crippen LogP contribution in [0.3, 0.4) is 0 Å². The number of aliphatic hydroxyl groups is 1. The predicted molar refractivity (Wildman–Crippen MR) is 102 cm³/mol. The molecule has 3 saturated carbocycles. The average molecular weight is 375 g/mol. The summed E-state index contributed by atoms with van der Waals surface area (Å²) in [6.07, 6.45) is 8.64. The molecule has 150 valence electrons. The highest BCUT2D eigenvalue weighted by atomic mass is 16.7. The third kappa shape index (κ3) is 2.42. The van der Waals surface area contributed by atoms with Crippen molar-refractivity contribution >= 4 is 5.78 Å². The summed E-state index contributed by atoms with van der Waals surface area (Å²) >= 11 is 0. The third-order valence-corrected chi connectivity index (χ3v) is 9.26. The summed E-state index contributed by atoms with van der Waals surface area (Å²) in [5, 5.41) is 10.1. The summed E-state index contributed by atoms with van der Waals surface area (Å²) in [7, 11) is 0. The van der Waals surface area contributed by atoms with Crippen molar-refractivity contribution in [3.05, 3.63) is 11.6 Å². The first-order valence-corrected chi connectivity index (χ1v) is 11.0. The number of carbonyl (C=O) groups is 1. The van der Waals surface area contributed by atoms with Crippen LogP contribution in [0.1, 0.15) is 65.7 Å². The SMILES string of the molecule is CC1([C@H]2CC[C@H]3C4CC=C5C[C@@H](O)CC[C@]5(C)[C@H]4C(=O)C[C@]23C)OCCO1. The summed E-state index contributed by atoms with van der Waals surface area (Å²) in [4.78, 5) is 13.6. The van der Waals surface area contributed by atoms with Crippen LogP contribution in [0.2, 0.25) is 0 Å². The van der Waals surface area contributed by atoms with Crippen molar-refractivity contribution < 1.29 is 19.4 Å². The maximum Gasteiger partial charge on any atom is 0.169 e. The lowest BCUT2D eigenvalue weighted by Crippen LogP contribution is -2.56. The number of ether oxygens (including phenoxy) is 2. The molecule has 0 spiro atoms. The number of rotatable bonds is 1. The Kier molecular flexibility index (Phi) is 4.00. The van der Waals surface area contributed by atoms with Gasteiger partial charge < -0.3 is 14.6 Å². The van der Waals surface area contributed by atoms with Crippen molar-refractivity contribution in [1.29, 1.82) is 0 Å². The van der Waals surface area contributed by atoms with Crippen molar-refractivity contribution in [1.82, 2.24) is 0 Å². The van der Waals surface area contributed by atoms with Crippen LogP contribution in [0, 0.1) is 34.5 Å². The lowest BCUT2D eigenvalue weighted by Gasteiger charge is -2.57. The molecule has 0 aromatic rings. The Morgan fingerprint density at radius 2 is 1.85 bits per heavy atom. The van der Waals surface area contributed by atoms with Crippen LogP contribution in [0.25, 0.3) is 0 Å². The van der Waals surface area contributed by atoms with E-state index in [-0.39, 0.29) is 22.9 Å². The number of hydrogen-bond donors (Lipinski definition) is 1. The van der Waals surface area contributed by atoms with Crippen molar-refractivity contribution in [3.63, 3.8) is 0 Å². The van der Waals surface area contributed by atoms with Crippen molar-refractivity contribution in [2.24, 2.45) is 34.5 Å². The molecule has 0 aromatic carbocycles. The maximum absolute atomic E-state index is 13.6. The van der Waals surface area contributed by atoms with Crippen LogP contribution in [0.5, 0.6) is 0 Å². The Bertz CT molecular complexity index is 678. The second-order valence-corrected chi connectivity index (χ2v) is 10.5. The zero-order chi connectivity index (χ0) is 19.0. The van der Waals surface area contributed by atoms with Crippen LogP contribution in [-0.4, -0.2) is 36.0 Å². The average Bonchev–Trinajstić information content (AvgIpc) is 3.19. The molecule has 0 amide bonds. The molecular formula is C23H34O4. The minimum absolute atomic E-state index is 0.0206. The molecule has 5 rings (SSSR count). The zero-order valence-corrected chi connectivity index (χ0v) is 17.0. The fourth-order valence-electron chi connectivity index (χ4n) is 8.06. The summed E-state index contributed by atoms with van der Waals surface area (Å²) in [6, 6.07) is 0. The Labute approximate surface area is 162 Å². The number of carbonyl (C=O) groups excluding carboxylic acids is 1. The molecule has 4 aliphatic carbocycles. The van der Waals surface area contributed by atoms with E-state index in [0.717, 1.165) is 32.1 Å². The number of ketones is 1. The second-order valence-electron chi connectivity index (χ2n) is 10.5. The van der Waals surface area contributed by atoms with Gasteiger partial charge >= 0.3 is 0 Å². The van der Waals surface area contributed by atoms with Gasteiger partial charge in [-0.1, -0.05) is 25.5 Å². The van der Waals surface area contributed by atoms with Gasteiger partial charge in [-0.3, -0.25) is 4.79 Å². The van der Waals surface area contributed by atoms with Crippen molar-refractivity contribution in [2.45, 2.75) is 77.6 Å². The van der Waals surface area contributed by atoms with Crippen molar-refractivity contribution in [3.8, 4) is 0 Å². The fraction of sp³-hybridized carbons (Fsp3) is 0.870. The van der Waals surface area contributed by atoms with E-state index in [9.17, 15) is 9.90 Å². The first kappa shape index (κ1) is 18.3. The van der Waals surface area contributed by atoms with E-state index in [2.05, 4.69) is 26.8 Å². The van der Waals surface area contributed by atoms with Gasteiger partial charge in [0.05, 0.1) is 19.3 Å². The van der Waals surface area contributed by atoms with Gasteiger partial charge in [-0.05, 0) is 68.1 Å². The molecule has 0 radical (unpaired) electrons. The van der Waals surface area contributed by atoms with E-state index in [4.69, 9.17) is 9.47 Å². The number of aliphatic hydroxyl groups excluding tert-OH is 1. The molecule has 1 unspecified atom stereocenters. The number of allylic oxidation sites excluding steroid dienone is 1. The van der Waals surface area contributed by atoms with Gasteiger partial charge in [-0.15, -0.1) is 0 Å². The van der Waals surface area contributed by atoms with E-state index in [1.165, 1.54) is 12.0 Å². The van der Waals surface area contributed by atoms with Crippen LogP contribution in [0.4, 0.5) is 0 Å². The fourth-order valence-corrected chi connectivity index (χ4v) is 8.06. The zero-order valence-electron chi connectivity index (χ0n) is 17.0. The smallest absolute Gasteiger partial charge is 0.169 e. The lowest BCUT2D eigenvalue weighted by atomic mass is 9.46. The van der Waals surface area contributed by atoms with Gasteiger partial charge in [0.1, 0.15) is 5.78 Å². The molecule has 4 nitrogen and oxygen atoms in total. The van der Waals surface area contributed by atoms with Gasteiger partial charge in [0.2, 0.25) is 0 Å². The van der Waals surface area contributed by atoms with E-state index in [1.54, 1.807) is 0 Å². The van der Waals surface area contributed by atoms with E-state index in [0.29, 0.717) is 43.2 Å². The van der Waals surface area contributed by atoms with Gasteiger partial charge in [0, 0.05) is 18.3 Å². The van der Waals surface area contributed by atoms with Gasteiger partial charge in [-0.25, -0.2) is 0 Å². The second kappa shape index (κ2) is 5.90. The minimum Gasteiger partial charge on any atom is -0.393 e. The molecule has 27 heavy (non-hydrogen) atoms. The van der Waals surface area contributed by atoms with Gasteiger partial charge in [0.25, 0.3) is 0 Å². The Morgan fingerprint density at radius 1 is 1.11 bits per heavy atom. The Balaban J connectivity index is 1.50. The molecular weight excluding hydrogens is 340 g/mol. The third-order valence-electron chi connectivity index (χ3n) is 9.26. The highest BCUT2D eigenvalue weighted by molar-refractivity contribution is 5.85. The van der Waals surface area contributed by atoms with Crippen LogP contribution >= 0.6 is 0 Å². The molecule has 4 heteroatoms. The minimum atomic E-state index is -0.523. The first-order valence-electron chi connectivity index (χ1n) is 11.0. The Hall–Kier alpha value is -0.710. The van der Waals surface area contributed by atoms with Gasteiger partial charge in [0.15, 0.2) is 5.79 Å². The number of Topliss-reactive ketones (excluding diaryl/α,β-unsaturated/α-hetero) is 1. The van der Waals surface area contributed by atoms with E-state index >= 15 is 0 Å². The summed E-state index contributed by atoms with van der Waals surface area (Å²) in [5.74, 6) is 1.38. The van der Waals surface area contributed by atoms with E-state index in [1.807, 2.05) is 0 Å². The molecule has 4 fully saturated rings. The van der Waals surface area contributed by atoms with Gasteiger partial charge in [-0.2, -0.15) is 0 Å². The molecule has 0 bridgehead atoms. The van der Waals surface area contributed by atoms with Crippen LogP contribution < -0.4 is 0 Å². The molecule has 1 saturated heterocycles. The first-order chi connectivity index (χ1) is 12.8. The highest BCUT2D eigenvalue weighted by Crippen LogP contribution is 2.67. The molecule has 1 heterocycles. The summed E-state index contributed by atoms with van der Waals surface area (Å²) < 4.78 is 12.1. The Morgan fingerprint density at radius 3 is 2.59 bits per heavy atom. The quantitative estimate of drug-likeness (QED) is 0.708.